The van der Waals surface area contributed by atoms with Crippen LogP contribution in [0.4, 0.5) is 0 Å². The summed E-state index contributed by atoms with van der Waals surface area (Å²) in [6.45, 7) is 3.59. The predicted octanol–water partition coefficient (Wildman–Crippen LogP) is 0.772. The number of carbonyl (C=O) groups excluding carboxylic acids is 2. The first-order valence-electron chi connectivity index (χ1n) is 7.77. The molecule has 0 N–H and O–H groups in total. The van der Waals surface area contributed by atoms with Crippen LogP contribution < -0.4 is 29.6 Å². The van der Waals surface area contributed by atoms with Crippen LogP contribution in [0.25, 0.3) is 11.1 Å². The molecule has 0 atom stereocenters. The van der Waals surface area contributed by atoms with Crippen molar-refractivity contribution in [3.05, 3.63) is 51.9 Å². The van der Waals surface area contributed by atoms with Gasteiger partial charge in [-0.05, 0) is 25.0 Å². The van der Waals surface area contributed by atoms with Crippen molar-refractivity contribution in [1.82, 2.24) is 0 Å². The Bertz CT molecular complexity index is 848. The molecule has 0 spiro atoms. The molecule has 0 unspecified atom stereocenters. The molecule has 0 saturated heterocycles. The Labute approximate surface area is 184 Å². The summed E-state index contributed by atoms with van der Waals surface area (Å²) in [5, 5.41) is 18.0. The minimum atomic E-state index is -0.671. The van der Waals surface area contributed by atoms with Crippen LogP contribution in [-0.2, 0) is 9.47 Å². The molecule has 2 aliphatic carbocycles. The molecule has 0 radical (unpaired) electrons. The van der Waals surface area contributed by atoms with Gasteiger partial charge < -0.3 is 9.47 Å². The van der Waals surface area contributed by atoms with Gasteiger partial charge in [0.15, 0.2) is 0 Å². The minimum Gasteiger partial charge on any atom is -0.462 e. The Hall–Kier alpha value is -2.22. The van der Waals surface area contributed by atoms with Crippen LogP contribution in [0.15, 0.2) is 24.3 Å². The molecule has 0 aliphatic heterocycles. The third-order valence-electron chi connectivity index (χ3n) is 3.60. The van der Waals surface area contributed by atoms with Crippen molar-refractivity contribution < 1.29 is 48.6 Å². The number of halogens is 1. The molecule has 0 heterocycles. The van der Waals surface area contributed by atoms with Gasteiger partial charge in [-0.25, -0.2) is 20.1 Å². The van der Waals surface area contributed by atoms with Crippen molar-refractivity contribution in [1.29, 1.82) is 10.5 Å². The Morgan fingerprint density at radius 3 is 1.70 bits per heavy atom. The second kappa shape index (κ2) is 10.2. The van der Waals surface area contributed by atoms with Gasteiger partial charge in [0.2, 0.25) is 0 Å². The molecule has 2 rings (SSSR count). The standard InChI is InChI=1S/C19H14ClN2O4.Na/c1-3-25-18(23)15-13-7-5-11(12(9-21)10-22)6-8-14(13)16(17(15)20)19(24)26-4-2;/h5-8H,3-4H2,1-2H3;/q-1;+1. The number of fused-ring (bicyclic) bond motifs is 1. The van der Waals surface area contributed by atoms with E-state index in [1.165, 1.54) is 24.3 Å². The van der Waals surface area contributed by atoms with Crippen molar-refractivity contribution in [3.63, 3.8) is 0 Å². The van der Waals surface area contributed by atoms with E-state index in [0.29, 0.717) is 16.7 Å². The van der Waals surface area contributed by atoms with Crippen LogP contribution >= 0.6 is 11.6 Å². The van der Waals surface area contributed by atoms with Crippen LogP contribution in [0.2, 0.25) is 5.02 Å². The van der Waals surface area contributed by atoms with Crippen LogP contribution in [-0.4, -0.2) is 25.2 Å². The molecular formula is C19H14ClN2NaO4. The molecule has 2 aliphatic rings. The molecular weight excluding hydrogens is 379 g/mol. The Balaban J connectivity index is 0.00000364. The zero-order valence-corrected chi connectivity index (χ0v) is 17.9. The number of rotatable bonds is 5. The first-order valence-corrected chi connectivity index (χ1v) is 8.14. The summed E-state index contributed by atoms with van der Waals surface area (Å²) in [6.07, 6.45) is 0. The van der Waals surface area contributed by atoms with Crippen LogP contribution in [0, 0.1) is 28.6 Å². The molecule has 27 heavy (non-hydrogen) atoms. The van der Waals surface area contributed by atoms with Gasteiger partial charge in [0.1, 0.15) is 0 Å². The maximum Gasteiger partial charge on any atom is 1.00 e. The van der Waals surface area contributed by atoms with E-state index < -0.39 is 11.9 Å². The SMILES string of the molecule is CCOC(=O)c1c2ccc([C-](C#N)C#N)ccc-2c(C(=O)OCC)c1Cl.[Na+]. The molecule has 0 bridgehead atoms. The Kier molecular flexibility index (Phi) is 8.62. The van der Waals surface area contributed by atoms with E-state index in [1.54, 1.807) is 26.0 Å². The van der Waals surface area contributed by atoms with E-state index in [-0.39, 0.29) is 64.8 Å². The number of carbonyl (C=O) groups is 2. The number of hydrogen-bond donors (Lipinski definition) is 0. The normalized spacial score (nSPS) is 9.52. The monoisotopic (exact) mass is 392 g/mol. The number of nitriles is 2. The van der Waals surface area contributed by atoms with Crippen molar-refractivity contribution in [2.75, 3.05) is 13.2 Å². The number of esters is 2. The van der Waals surface area contributed by atoms with Crippen molar-refractivity contribution in [2.45, 2.75) is 13.8 Å². The first-order chi connectivity index (χ1) is 12.5. The zero-order chi connectivity index (χ0) is 19.3. The molecule has 132 valence electrons. The molecule has 0 aromatic heterocycles. The largest absolute Gasteiger partial charge is 1.00 e. The number of nitrogens with zero attached hydrogens (tertiary/aromatic N) is 2. The van der Waals surface area contributed by atoms with Crippen LogP contribution in [0.1, 0.15) is 40.1 Å². The smallest absolute Gasteiger partial charge is 0.462 e. The van der Waals surface area contributed by atoms with Gasteiger partial charge in [-0.15, -0.1) is 12.1 Å². The fourth-order valence-corrected chi connectivity index (χ4v) is 2.86. The average molecular weight is 393 g/mol. The maximum absolute atomic E-state index is 12.3. The summed E-state index contributed by atoms with van der Waals surface area (Å²) in [4.78, 5) is 24.7. The van der Waals surface area contributed by atoms with Gasteiger partial charge >= 0.3 is 41.5 Å². The van der Waals surface area contributed by atoms with Crippen molar-refractivity contribution in [2.24, 2.45) is 0 Å². The van der Waals surface area contributed by atoms with Crippen LogP contribution in [0.3, 0.4) is 0 Å². The molecule has 0 fully saturated rings. The Morgan fingerprint density at radius 2 is 1.37 bits per heavy atom. The van der Waals surface area contributed by atoms with E-state index in [0.717, 1.165) is 0 Å². The molecule has 0 amide bonds. The van der Waals surface area contributed by atoms with Crippen molar-refractivity contribution >= 4 is 23.5 Å². The number of hydrogen-bond acceptors (Lipinski definition) is 6. The molecule has 0 aromatic rings. The van der Waals surface area contributed by atoms with Gasteiger partial charge in [0.05, 0.1) is 29.4 Å². The molecule has 6 nitrogen and oxygen atoms in total. The minimum absolute atomic E-state index is 0. The molecule has 8 heteroatoms. The fourth-order valence-electron chi connectivity index (χ4n) is 2.51. The third kappa shape index (κ3) is 4.55. The fraction of sp³-hybridized carbons (Fsp3) is 0.211. The quantitative estimate of drug-likeness (QED) is 0.423. The Morgan fingerprint density at radius 1 is 0.963 bits per heavy atom. The summed E-state index contributed by atoms with van der Waals surface area (Å²) in [5.41, 5.74) is 1.19. The second-order valence-corrected chi connectivity index (χ2v) is 5.43. The van der Waals surface area contributed by atoms with Crippen molar-refractivity contribution in [3.8, 4) is 23.3 Å². The zero-order valence-electron chi connectivity index (χ0n) is 15.1. The maximum atomic E-state index is 12.3. The average Bonchev–Trinajstić information content (AvgIpc) is 2.74. The number of ether oxygens (including phenoxy) is 2. The van der Waals surface area contributed by atoms with E-state index in [9.17, 15) is 9.59 Å². The second-order valence-electron chi connectivity index (χ2n) is 5.05. The summed E-state index contributed by atoms with van der Waals surface area (Å²) in [5.74, 6) is -1.43. The van der Waals surface area contributed by atoms with E-state index in [1.807, 2.05) is 0 Å². The summed E-state index contributed by atoms with van der Waals surface area (Å²) in [6, 6.07) is 9.68. The van der Waals surface area contributed by atoms with E-state index in [4.69, 9.17) is 31.6 Å². The third-order valence-corrected chi connectivity index (χ3v) is 3.98. The summed E-state index contributed by atoms with van der Waals surface area (Å²) >= 11 is 6.30. The predicted molar refractivity (Wildman–Crippen MR) is 93.6 cm³/mol. The molecule has 0 aromatic carbocycles. The first kappa shape index (κ1) is 22.8. The van der Waals surface area contributed by atoms with Crippen LogP contribution in [0.5, 0.6) is 0 Å². The van der Waals surface area contributed by atoms with Gasteiger partial charge in [0, 0.05) is 18.1 Å². The van der Waals surface area contributed by atoms with E-state index >= 15 is 0 Å². The van der Waals surface area contributed by atoms with Gasteiger partial charge in [-0.2, -0.15) is 17.7 Å². The molecule has 0 saturated carbocycles. The van der Waals surface area contributed by atoms with Gasteiger partial charge in [-0.1, -0.05) is 11.6 Å². The summed E-state index contributed by atoms with van der Waals surface area (Å²) < 4.78 is 10.1. The van der Waals surface area contributed by atoms with E-state index in [2.05, 4.69) is 0 Å². The summed E-state index contributed by atoms with van der Waals surface area (Å²) in [7, 11) is 0. The van der Waals surface area contributed by atoms with Gasteiger partial charge in [-0.3, -0.25) is 0 Å². The van der Waals surface area contributed by atoms with Gasteiger partial charge in [0.25, 0.3) is 0 Å². The topological polar surface area (TPSA) is 100 Å².